The molecule has 1 aliphatic heterocycles. The van der Waals surface area contributed by atoms with Crippen LogP contribution in [0.5, 0.6) is 0 Å². The predicted octanol–water partition coefficient (Wildman–Crippen LogP) is 1.67. The zero-order chi connectivity index (χ0) is 21.9. The Morgan fingerprint density at radius 2 is 1.77 bits per heavy atom. The lowest BCUT2D eigenvalue weighted by molar-refractivity contribution is -0.153. The summed E-state index contributed by atoms with van der Waals surface area (Å²) in [6, 6.07) is 17.1. The third kappa shape index (κ3) is 4.88. The Balaban J connectivity index is 1.89. The number of aryl methyl sites for hydroxylation is 1. The molecule has 1 saturated heterocycles. The normalized spacial score (nSPS) is 20.2. The number of hydrogen-bond donors (Lipinski definition) is 1. The molecule has 0 radical (unpaired) electrons. The van der Waals surface area contributed by atoms with Crippen LogP contribution in [0.3, 0.4) is 0 Å². The van der Waals surface area contributed by atoms with Gasteiger partial charge >= 0.3 is 0 Å². The van der Waals surface area contributed by atoms with Crippen LogP contribution in [0.1, 0.15) is 23.6 Å². The highest BCUT2D eigenvalue weighted by Gasteiger charge is 2.49. The maximum absolute atomic E-state index is 13.3. The average Bonchev–Trinajstić information content (AvgIpc) is 2.69. The van der Waals surface area contributed by atoms with Gasteiger partial charge in [0.25, 0.3) is 0 Å². The first-order valence-electron chi connectivity index (χ1n) is 9.73. The number of piperazine rings is 1. The predicted molar refractivity (Wildman–Crippen MR) is 115 cm³/mol. The van der Waals surface area contributed by atoms with E-state index < -0.39 is 21.5 Å². The maximum atomic E-state index is 13.3. The van der Waals surface area contributed by atoms with Gasteiger partial charge in [-0.2, -0.15) is 4.31 Å². The summed E-state index contributed by atoms with van der Waals surface area (Å²) < 4.78 is 25.4. The fraction of sp³-hybridized carbons (Fsp3) is 0.364. The Hall–Kier alpha value is -2.71. The van der Waals surface area contributed by atoms with Crippen molar-refractivity contribution in [2.24, 2.45) is 0 Å². The van der Waals surface area contributed by atoms with Crippen molar-refractivity contribution in [2.45, 2.75) is 32.5 Å². The van der Waals surface area contributed by atoms with Gasteiger partial charge in [-0.3, -0.25) is 9.59 Å². The Morgan fingerprint density at radius 3 is 2.40 bits per heavy atom. The van der Waals surface area contributed by atoms with Crippen LogP contribution in [0.2, 0.25) is 0 Å². The highest BCUT2D eigenvalue weighted by Crippen LogP contribution is 2.27. The molecule has 1 N–H and O–H groups in total. The highest BCUT2D eigenvalue weighted by molar-refractivity contribution is 7.88. The molecule has 2 aromatic rings. The number of nitrogens with zero attached hydrogens (tertiary/aromatic N) is 2. The second-order valence-electron chi connectivity index (χ2n) is 7.94. The monoisotopic (exact) mass is 429 g/mol. The maximum Gasteiger partial charge on any atom is 0.247 e. The summed E-state index contributed by atoms with van der Waals surface area (Å²) in [7, 11) is -3.63. The number of nitrogens with one attached hydrogen (secondary N) is 1. The fourth-order valence-corrected chi connectivity index (χ4v) is 4.48. The summed E-state index contributed by atoms with van der Waals surface area (Å²) in [4.78, 5) is 27.7. The summed E-state index contributed by atoms with van der Waals surface area (Å²) >= 11 is 0. The van der Waals surface area contributed by atoms with Crippen LogP contribution < -0.4 is 5.32 Å². The van der Waals surface area contributed by atoms with Crippen LogP contribution in [-0.4, -0.2) is 54.3 Å². The summed E-state index contributed by atoms with van der Waals surface area (Å²) in [5.41, 5.74) is 1.52. The molecule has 0 saturated carbocycles. The van der Waals surface area contributed by atoms with Crippen LogP contribution >= 0.6 is 0 Å². The number of hydrogen-bond acceptors (Lipinski definition) is 4. The van der Waals surface area contributed by atoms with Crippen molar-refractivity contribution < 1.29 is 18.0 Å². The molecule has 0 aromatic heterocycles. The molecule has 0 aliphatic carbocycles. The van der Waals surface area contributed by atoms with Gasteiger partial charge < -0.3 is 10.2 Å². The van der Waals surface area contributed by atoms with Gasteiger partial charge in [0, 0.05) is 19.6 Å². The largest absolute Gasteiger partial charge is 0.350 e. The molecule has 1 unspecified atom stereocenters. The van der Waals surface area contributed by atoms with E-state index in [0.29, 0.717) is 6.54 Å². The minimum absolute atomic E-state index is 0.0932. The summed E-state index contributed by atoms with van der Waals surface area (Å²) in [6.45, 7) is 3.74. The number of carbonyl (C=O) groups excluding carboxylic acids is 2. The van der Waals surface area contributed by atoms with E-state index in [-0.39, 0.29) is 25.5 Å². The van der Waals surface area contributed by atoms with Gasteiger partial charge in [-0.1, -0.05) is 60.2 Å². The van der Waals surface area contributed by atoms with Gasteiger partial charge in [0.1, 0.15) is 5.54 Å². The Bertz CT molecular complexity index is 1040. The fourth-order valence-electron chi connectivity index (χ4n) is 3.65. The zero-order valence-corrected chi connectivity index (χ0v) is 18.3. The molecule has 160 valence electrons. The molecule has 0 spiro atoms. The standard InChI is InChI=1S/C22H27N3O4S/c1-17-8-7-11-19(12-17)14-25-20(26)15-24(30(3,28)29)16-22(25,2)21(27)23-13-18-9-5-4-6-10-18/h4-12H,13-16H2,1-3H3,(H,23,27). The van der Waals surface area contributed by atoms with Crippen LogP contribution in [0.15, 0.2) is 54.6 Å². The lowest BCUT2D eigenvalue weighted by Crippen LogP contribution is -2.69. The molecule has 0 bridgehead atoms. The molecule has 2 aromatic carbocycles. The number of sulfonamides is 1. The molecule has 8 heteroatoms. The molecule has 1 atom stereocenters. The van der Waals surface area contributed by atoms with E-state index >= 15 is 0 Å². The van der Waals surface area contributed by atoms with Crippen molar-refractivity contribution in [3.8, 4) is 0 Å². The van der Waals surface area contributed by atoms with Gasteiger partial charge in [0.05, 0.1) is 12.8 Å². The van der Waals surface area contributed by atoms with Gasteiger partial charge in [0.15, 0.2) is 0 Å². The highest BCUT2D eigenvalue weighted by atomic mass is 32.2. The number of benzene rings is 2. The first-order chi connectivity index (χ1) is 14.1. The molecule has 1 fully saturated rings. The van der Waals surface area contributed by atoms with Crippen molar-refractivity contribution in [1.82, 2.24) is 14.5 Å². The molecule has 7 nitrogen and oxygen atoms in total. The van der Waals surface area contributed by atoms with Crippen LogP contribution in [0.25, 0.3) is 0 Å². The number of carbonyl (C=O) groups is 2. The third-order valence-corrected chi connectivity index (χ3v) is 6.57. The van der Waals surface area contributed by atoms with Crippen molar-refractivity contribution in [3.05, 3.63) is 71.3 Å². The smallest absolute Gasteiger partial charge is 0.247 e. The summed E-state index contributed by atoms with van der Waals surface area (Å²) in [6.07, 6.45) is 1.05. The third-order valence-electron chi connectivity index (χ3n) is 5.37. The van der Waals surface area contributed by atoms with E-state index in [0.717, 1.165) is 27.3 Å². The Morgan fingerprint density at radius 1 is 1.10 bits per heavy atom. The summed E-state index contributed by atoms with van der Waals surface area (Å²) in [5, 5.41) is 2.87. The molecular weight excluding hydrogens is 402 g/mol. The van der Waals surface area contributed by atoms with E-state index in [1.165, 1.54) is 4.90 Å². The lowest BCUT2D eigenvalue weighted by atomic mass is 9.94. The van der Waals surface area contributed by atoms with Crippen molar-refractivity contribution >= 4 is 21.8 Å². The van der Waals surface area contributed by atoms with Gasteiger partial charge in [-0.25, -0.2) is 8.42 Å². The molecule has 3 rings (SSSR count). The van der Waals surface area contributed by atoms with Crippen LogP contribution in [-0.2, 0) is 32.7 Å². The zero-order valence-electron chi connectivity index (χ0n) is 17.5. The quantitative estimate of drug-likeness (QED) is 0.757. The van der Waals surface area contributed by atoms with Gasteiger partial charge in [0.2, 0.25) is 21.8 Å². The number of rotatable bonds is 6. The Labute approximate surface area is 177 Å². The SMILES string of the molecule is Cc1cccc(CN2C(=O)CN(S(C)(=O)=O)CC2(C)C(=O)NCc2ccccc2)c1. The van der Waals surface area contributed by atoms with Crippen molar-refractivity contribution in [3.63, 3.8) is 0 Å². The molecular formula is C22H27N3O4S. The topological polar surface area (TPSA) is 86.8 Å². The second-order valence-corrected chi connectivity index (χ2v) is 9.92. The number of amides is 2. The lowest BCUT2D eigenvalue weighted by Gasteiger charge is -2.46. The van der Waals surface area contributed by atoms with Crippen LogP contribution in [0, 0.1) is 6.92 Å². The van der Waals surface area contributed by atoms with Crippen molar-refractivity contribution in [1.29, 1.82) is 0 Å². The average molecular weight is 430 g/mol. The van der Waals surface area contributed by atoms with E-state index in [2.05, 4.69) is 5.32 Å². The van der Waals surface area contributed by atoms with E-state index in [1.54, 1.807) is 6.92 Å². The van der Waals surface area contributed by atoms with Gasteiger partial charge in [-0.15, -0.1) is 0 Å². The van der Waals surface area contributed by atoms with Gasteiger partial charge in [-0.05, 0) is 25.0 Å². The molecule has 30 heavy (non-hydrogen) atoms. The summed E-state index contributed by atoms with van der Waals surface area (Å²) in [5.74, 6) is -0.786. The van der Waals surface area contributed by atoms with E-state index in [4.69, 9.17) is 0 Å². The second kappa shape index (κ2) is 8.57. The molecule has 1 aliphatic rings. The first-order valence-corrected chi connectivity index (χ1v) is 11.6. The van der Waals surface area contributed by atoms with Crippen LogP contribution in [0.4, 0.5) is 0 Å². The molecule has 1 heterocycles. The first kappa shape index (κ1) is 22.0. The minimum atomic E-state index is -3.63. The molecule has 2 amide bonds. The van der Waals surface area contributed by atoms with E-state index in [9.17, 15) is 18.0 Å². The van der Waals surface area contributed by atoms with Crippen molar-refractivity contribution in [2.75, 3.05) is 19.3 Å². The Kier molecular flexibility index (Phi) is 6.28. The van der Waals surface area contributed by atoms with E-state index in [1.807, 2.05) is 61.5 Å². The minimum Gasteiger partial charge on any atom is -0.350 e.